The Kier molecular flexibility index (Phi) is 6.88. The van der Waals surface area contributed by atoms with Crippen LogP contribution in [0.15, 0.2) is 18.3 Å². The van der Waals surface area contributed by atoms with Crippen molar-refractivity contribution in [2.45, 2.75) is 53.5 Å². The average molecular weight is 348 g/mol. The first-order chi connectivity index (χ1) is 11.5. The summed E-state index contributed by atoms with van der Waals surface area (Å²) in [6.45, 7) is 14.3. The van der Waals surface area contributed by atoms with E-state index in [0.717, 1.165) is 41.0 Å². The molecule has 0 saturated heterocycles. The molecule has 1 atom stereocenters. The predicted octanol–water partition coefficient (Wildman–Crippen LogP) is 5.43. The molecule has 24 heavy (non-hydrogen) atoms. The van der Waals surface area contributed by atoms with Crippen LogP contribution in [0.5, 0.6) is 0 Å². The molecule has 0 unspecified atom stereocenters. The minimum absolute atomic E-state index is 0.431. The summed E-state index contributed by atoms with van der Waals surface area (Å²) in [7, 11) is 0. The van der Waals surface area contributed by atoms with Crippen molar-refractivity contribution in [2.75, 3.05) is 25.0 Å². The minimum atomic E-state index is 0.431. The van der Waals surface area contributed by atoms with Crippen molar-refractivity contribution in [2.24, 2.45) is 0 Å². The van der Waals surface area contributed by atoms with E-state index in [4.69, 9.17) is 11.6 Å². The molecule has 1 N–H and O–H groups in total. The summed E-state index contributed by atoms with van der Waals surface area (Å²) in [4.78, 5) is 7.00. The molecule has 0 aliphatic heterocycles. The number of hydrogen-bond acceptors (Lipinski definition) is 3. The summed E-state index contributed by atoms with van der Waals surface area (Å²) in [5.74, 6) is 0. The Bertz CT molecular complexity index is 680. The highest BCUT2D eigenvalue weighted by molar-refractivity contribution is 6.32. The van der Waals surface area contributed by atoms with Crippen molar-refractivity contribution in [1.29, 1.82) is 0 Å². The van der Waals surface area contributed by atoms with Gasteiger partial charge in [0.15, 0.2) is 0 Å². The SMILES string of the molecule is CCN(CC)CCC[C@@H](C)Nc1c(C)cnc2cc(Cl)c(C)cc12. The fourth-order valence-electron chi connectivity index (χ4n) is 3.09. The number of fused-ring (bicyclic) bond motifs is 1. The van der Waals surface area contributed by atoms with Gasteiger partial charge in [-0.3, -0.25) is 4.98 Å². The van der Waals surface area contributed by atoms with Gasteiger partial charge in [-0.05, 0) is 76.5 Å². The highest BCUT2D eigenvalue weighted by Gasteiger charge is 2.11. The molecule has 4 heteroatoms. The molecule has 1 heterocycles. The Morgan fingerprint density at radius 1 is 1.17 bits per heavy atom. The van der Waals surface area contributed by atoms with Gasteiger partial charge in [0.25, 0.3) is 0 Å². The second kappa shape index (κ2) is 8.68. The van der Waals surface area contributed by atoms with Crippen molar-refractivity contribution < 1.29 is 0 Å². The predicted molar refractivity (Wildman–Crippen MR) is 106 cm³/mol. The van der Waals surface area contributed by atoms with Crippen molar-refractivity contribution in [1.82, 2.24) is 9.88 Å². The van der Waals surface area contributed by atoms with E-state index in [0.29, 0.717) is 6.04 Å². The van der Waals surface area contributed by atoms with Crippen molar-refractivity contribution in [3.8, 4) is 0 Å². The van der Waals surface area contributed by atoms with Crippen LogP contribution >= 0.6 is 11.6 Å². The number of rotatable bonds is 8. The van der Waals surface area contributed by atoms with E-state index >= 15 is 0 Å². The van der Waals surface area contributed by atoms with Crippen LogP contribution in [0.2, 0.25) is 5.02 Å². The van der Waals surface area contributed by atoms with Crippen LogP contribution in [-0.2, 0) is 0 Å². The summed E-state index contributed by atoms with van der Waals surface area (Å²) < 4.78 is 0. The molecule has 0 amide bonds. The summed E-state index contributed by atoms with van der Waals surface area (Å²) >= 11 is 6.25. The van der Waals surface area contributed by atoms with Gasteiger partial charge < -0.3 is 10.2 Å². The van der Waals surface area contributed by atoms with E-state index in [2.05, 4.69) is 49.0 Å². The second-order valence-electron chi connectivity index (χ2n) is 6.65. The van der Waals surface area contributed by atoms with Crippen LogP contribution in [0.25, 0.3) is 10.9 Å². The van der Waals surface area contributed by atoms with E-state index in [9.17, 15) is 0 Å². The molecular weight excluding hydrogens is 318 g/mol. The Morgan fingerprint density at radius 3 is 2.54 bits per heavy atom. The molecule has 0 bridgehead atoms. The van der Waals surface area contributed by atoms with Crippen LogP contribution < -0.4 is 5.32 Å². The Labute approximate surface area is 151 Å². The number of pyridine rings is 1. The summed E-state index contributed by atoms with van der Waals surface area (Å²) in [5, 5.41) is 5.64. The average Bonchev–Trinajstić information content (AvgIpc) is 2.56. The van der Waals surface area contributed by atoms with E-state index in [1.54, 1.807) is 0 Å². The van der Waals surface area contributed by atoms with Crippen LogP contribution in [0.1, 0.15) is 44.7 Å². The van der Waals surface area contributed by atoms with E-state index < -0.39 is 0 Å². The first kappa shape index (κ1) is 19.0. The lowest BCUT2D eigenvalue weighted by atomic mass is 10.1. The fourth-order valence-corrected chi connectivity index (χ4v) is 3.25. The Balaban J connectivity index is 2.11. The van der Waals surface area contributed by atoms with Gasteiger partial charge in [0.1, 0.15) is 0 Å². The van der Waals surface area contributed by atoms with Crippen LogP contribution in [0.4, 0.5) is 5.69 Å². The van der Waals surface area contributed by atoms with Crippen LogP contribution in [-0.4, -0.2) is 35.6 Å². The normalized spacial score (nSPS) is 12.8. The number of anilines is 1. The van der Waals surface area contributed by atoms with Gasteiger partial charge in [0, 0.05) is 28.3 Å². The fraction of sp³-hybridized carbons (Fsp3) is 0.550. The van der Waals surface area contributed by atoms with Gasteiger partial charge >= 0.3 is 0 Å². The maximum atomic E-state index is 6.25. The number of aryl methyl sites for hydroxylation is 2. The number of nitrogens with one attached hydrogen (secondary N) is 1. The Morgan fingerprint density at radius 2 is 1.88 bits per heavy atom. The highest BCUT2D eigenvalue weighted by atomic mass is 35.5. The number of aromatic nitrogens is 1. The molecule has 0 fully saturated rings. The van der Waals surface area contributed by atoms with E-state index in [1.165, 1.54) is 24.2 Å². The number of nitrogens with zero attached hydrogens (tertiary/aromatic N) is 2. The molecule has 0 spiro atoms. The standard InChI is InChI=1S/C20H30ClN3/c1-6-24(7-2)10-8-9-16(5)23-20-15(4)13-22-19-12-18(21)14(3)11-17(19)20/h11-13,16H,6-10H2,1-5H3,(H,22,23)/t16-/m1/s1. The molecule has 0 saturated carbocycles. The second-order valence-corrected chi connectivity index (χ2v) is 7.06. The topological polar surface area (TPSA) is 28.2 Å². The zero-order chi connectivity index (χ0) is 17.7. The van der Waals surface area contributed by atoms with E-state index in [-0.39, 0.29) is 0 Å². The van der Waals surface area contributed by atoms with Crippen molar-refractivity contribution >= 4 is 28.2 Å². The first-order valence-electron chi connectivity index (χ1n) is 9.00. The summed E-state index contributed by atoms with van der Waals surface area (Å²) in [6, 6.07) is 4.53. The lowest BCUT2D eigenvalue weighted by Crippen LogP contribution is -2.25. The third-order valence-corrected chi connectivity index (χ3v) is 5.14. The molecule has 1 aromatic carbocycles. The third kappa shape index (κ3) is 4.61. The molecular formula is C20H30ClN3. The number of halogens is 1. The minimum Gasteiger partial charge on any atom is -0.382 e. The smallest absolute Gasteiger partial charge is 0.0737 e. The third-order valence-electron chi connectivity index (χ3n) is 4.73. The quantitative estimate of drug-likeness (QED) is 0.690. The molecule has 132 valence electrons. The van der Waals surface area contributed by atoms with Crippen LogP contribution in [0, 0.1) is 13.8 Å². The maximum absolute atomic E-state index is 6.25. The maximum Gasteiger partial charge on any atom is 0.0737 e. The lowest BCUT2D eigenvalue weighted by Gasteiger charge is -2.22. The summed E-state index contributed by atoms with van der Waals surface area (Å²) in [5.41, 5.74) is 4.41. The van der Waals surface area contributed by atoms with E-state index in [1.807, 2.05) is 19.2 Å². The molecule has 1 aromatic heterocycles. The first-order valence-corrected chi connectivity index (χ1v) is 9.38. The molecule has 0 aliphatic rings. The molecule has 0 aliphatic carbocycles. The van der Waals surface area contributed by atoms with Gasteiger partial charge in [0.05, 0.1) is 5.52 Å². The van der Waals surface area contributed by atoms with Gasteiger partial charge in [-0.15, -0.1) is 0 Å². The zero-order valence-corrected chi connectivity index (χ0v) is 16.4. The van der Waals surface area contributed by atoms with Crippen molar-refractivity contribution in [3.05, 3.63) is 34.5 Å². The Hall–Kier alpha value is -1.32. The van der Waals surface area contributed by atoms with Gasteiger partial charge in [-0.1, -0.05) is 25.4 Å². The lowest BCUT2D eigenvalue weighted by molar-refractivity contribution is 0.295. The molecule has 2 aromatic rings. The number of benzene rings is 1. The molecule has 0 radical (unpaired) electrons. The van der Waals surface area contributed by atoms with Gasteiger partial charge in [-0.25, -0.2) is 0 Å². The summed E-state index contributed by atoms with van der Waals surface area (Å²) in [6.07, 6.45) is 4.30. The van der Waals surface area contributed by atoms with Crippen molar-refractivity contribution in [3.63, 3.8) is 0 Å². The number of hydrogen-bond donors (Lipinski definition) is 1. The van der Waals surface area contributed by atoms with Crippen LogP contribution in [0.3, 0.4) is 0 Å². The zero-order valence-electron chi connectivity index (χ0n) is 15.6. The van der Waals surface area contributed by atoms with Gasteiger partial charge in [-0.2, -0.15) is 0 Å². The molecule has 2 rings (SSSR count). The largest absolute Gasteiger partial charge is 0.382 e. The van der Waals surface area contributed by atoms with Gasteiger partial charge in [0.2, 0.25) is 0 Å². The molecule has 3 nitrogen and oxygen atoms in total. The highest BCUT2D eigenvalue weighted by Crippen LogP contribution is 2.30. The monoisotopic (exact) mass is 347 g/mol.